The fourth-order valence-corrected chi connectivity index (χ4v) is 2.20. The number of carbonyl (C=O) groups is 1. The van der Waals surface area contributed by atoms with Gasteiger partial charge in [0.15, 0.2) is 0 Å². The molecule has 19 heavy (non-hydrogen) atoms. The summed E-state index contributed by atoms with van der Waals surface area (Å²) in [6, 6.07) is 5.12. The summed E-state index contributed by atoms with van der Waals surface area (Å²) in [6.45, 7) is 4.06. The lowest BCUT2D eigenvalue weighted by Crippen LogP contribution is -2.42. The Balaban J connectivity index is 2.71. The monoisotopic (exact) mass is 329 g/mol. The second-order valence-electron chi connectivity index (χ2n) is 4.46. The SMILES string of the molecule is CCC(O)(CC)CNC(=O)c1ccc(OC)c(Br)c1. The van der Waals surface area contributed by atoms with E-state index in [1.54, 1.807) is 25.3 Å². The molecule has 1 rings (SSSR count). The van der Waals surface area contributed by atoms with Gasteiger partial charge in [-0.2, -0.15) is 0 Å². The van der Waals surface area contributed by atoms with Gasteiger partial charge in [0.05, 0.1) is 17.2 Å². The molecule has 0 aliphatic carbocycles. The molecule has 0 heterocycles. The third kappa shape index (κ3) is 4.21. The number of ether oxygens (including phenoxy) is 1. The summed E-state index contributed by atoms with van der Waals surface area (Å²) < 4.78 is 5.84. The maximum Gasteiger partial charge on any atom is 0.251 e. The number of benzene rings is 1. The zero-order valence-electron chi connectivity index (χ0n) is 11.5. The number of carbonyl (C=O) groups excluding carboxylic acids is 1. The predicted octanol–water partition coefficient (Wildman–Crippen LogP) is 2.74. The van der Waals surface area contributed by atoms with Crippen molar-refractivity contribution in [1.29, 1.82) is 0 Å². The van der Waals surface area contributed by atoms with E-state index in [4.69, 9.17) is 4.74 Å². The van der Waals surface area contributed by atoms with Crippen LogP contribution in [0.2, 0.25) is 0 Å². The van der Waals surface area contributed by atoms with Crippen molar-refractivity contribution in [2.45, 2.75) is 32.3 Å². The lowest BCUT2D eigenvalue weighted by molar-refractivity contribution is 0.0314. The molecular formula is C14H20BrNO3. The maximum atomic E-state index is 12.0. The molecule has 2 N–H and O–H groups in total. The van der Waals surface area contributed by atoms with Crippen molar-refractivity contribution in [2.75, 3.05) is 13.7 Å². The van der Waals surface area contributed by atoms with E-state index in [0.717, 1.165) is 4.47 Å². The van der Waals surface area contributed by atoms with Crippen LogP contribution in [0.25, 0.3) is 0 Å². The van der Waals surface area contributed by atoms with Gasteiger partial charge >= 0.3 is 0 Å². The standard InChI is InChI=1S/C14H20BrNO3/c1-4-14(18,5-2)9-16-13(17)10-6-7-12(19-3)11(15)8-10/h6-8,18H,4-5,9H2,1-3H3,(H,16,17). The van der Waals surface area contributed by atoms with Crippen LogP contribution in [0.1, 0.15) is 37.0 Å². The summed E-state index contributed by atoms with van der Waals surface area (Å²) in [7, 11) is 1.57. The molecule has 4 nitrogen and oxygen atoms in total. The van der Waals surface area contributed by atoms with Crippen molar-refractivity contribution in [2.24, 2.45) is 0 Å². The van der Waals surface area contributed by atoms with Crippen LogP contribution in [0.15, 0.2) is 22.7 Å². The average molecular weight is 330 g/mol. The molecule has 5 heteroatoms. The van der Waals surface area contributed by atoms with Gasteiger partial charge in [0.1, 0.15) is 5.75 Å². The molecule has 0 fully saturated rings. The zero-order chi connectivity index (χ0) is 14.5. The lowest BCUT2D eigenvalue weighted by Gasteiger charge is -2.25. The summed E-state index contributed by atoms with van der Waals surface area (Å²) >= 11 is 3.34. The van der Waals surface area contributed by atoms with E-state index < -0.39 is 5.60 Å². The van der Waals surface area contributed by atoms with E-state index in [2.05, 4.69) is 21.2 Å². The molecule has 0 aliphatic heterocycles. The number of aliphatic hydroxyl groups is 1. The van der Waals surface area contributed by atoms with Crippen LogP contribution >= 0.6 is 15.9 Å². The van der Waals surface area contributed by atoms with E-state index in [-0.39, 0.29) is 12.5 Å². The number of methoxy groups -OCH3 is 1. The van der Waals surface area contributed by atoms with Gasteiger partial charge in [-0.1, -0.05) is 13.8 Å². The molecule has 1 aromatic rings. The lowest BCUT2D eigenvalue weighted by atomic mass is 9.97. The number of hydrogen-bond donors (Lipinski definition) is 2. The number of rotatable bonds is 6. The van der Waals surface area contributed by atoms with Crippen molar-refractivity contribution < 1.29 is 14.6 Å². The zero-order valence-corrected chi connectivity index (χ0v) is 13.1. The van der Waals surface area contributed by atoms with Gasteiger partial charge in [0.25, 0.3) is 5.91 Å². The Morgan fingerprint density at radius 1 is 1.42 bits per heavy atom. The highest BCUT2D eigenvalue weighted by Crippen LogP contribution is 2.25. The van der Waals surface area contributed by atoms with Crippen LogP contribution in [0.3, 0.4) is 0 Å². The first kappa shape index (κ1) is 16.0. The molecule has 0 saturated heterocycles. The molecule has 1 aromatic carbocycles. The Kier molecular flexibility index (Phi) is 5.82. The quantitative estimate of drug-likeness (QED) is 0.843. The molecular weight excluding hydrogens is 310 g/mol. The molecule has 0 bridgehead atoms. The van der Waals surface area contributed by atoms with E-state index in [1.165, 1.54) is 0 Å². The summed E-state index contributed by atoms with van der Waals surface area (Å²) in [5.74, 6) is 0.471. The Morgan fingerprint density at radius 2 is 2.05 bits per heavy atom. The van der Waals surface area contributed by atoms with Crippen LogP contribution in [-0.2, 0) is 0 Å². The Hall–Kier alpha value is -1.07. The molecule has 1 amide bonds. The highest BCUT2D eigenvalue weighted by molar-refractivity contribution is 9.10. The van der Waals surface area contributed by atoms with Crippen LogP contribution in [0.5, 0.6) is 5.75 Å². The molecule has 0 aromatic heterocycles. The van der Waals surface area contributed by atoms with Gasteiger partial charge < -0.3 is 15.2 Å². The van der Waals surface area contributed by atoms with Crippen molar-refractivity contribution in [3.05, 3.63) is 28.2 Å². The van der Waals surface area contributed by atoms with Gasteiger partial charge in [-0.05, 0) is 47.0 Å². The summed E-state index contributed by atoms with van der Waals surface area (Å²) in [4.78, 5) is 12.0. The smallest absolute Gasteiger partial charge is 0.251 e. The van der Waals surface area contributed by atoms with E-state index >= 15 is 0 Å². The number of nitrogens with one attached hydrogen (secondary N) is 1. The molecule has 0 saturated carbocycles. The third-order valence-electron chi connectivity index (χ3n) is 3.31. The van der Waals surface area contributed by atoms with E-state index in [0.29, 0.717) is 24.2 Å². The minimum Gasteiger partial charge on any atom is -0.496 e. The number of halogens is 1. The highest BCUT2D eigenvalue weighted by Gasteiger charge is 2.23. The van der Waals surface area contributed by atoms with Gasteiger partial charge in [-0.3, -0.25) is 4.79 Å². The summed E-state index contributed by atoms with van der Waals surface area (Å²) in [6.07, 6.45) is 1.21. The first-order valence-electron chi connectivity index (χ1n) is 6.30. The molecule has 0 unspecified atom stereocenters. The molecule has 0 spiro atoms. The fraction of sp³-hybridized carbons (Fsp3) is 0.500. The number of amides is 1. The normalized spacial score (nSPS) is 11.2. The third-order valence-corrected chi connectivity index (χ3v) is 3.93. The second-order valence-corrected chi connectivity index (χ2v) is 5.32. The minimum atomic E-state index is -0.834. The summed E-state index contributed by atoms with van der Waals surface area (Å²) in [5, 5.41) is 12.9. The minimum absolute atomic E-state index is 0.205. The van der Waals surface area contributed by atoms with Crippen molar-refractivity contribution in [1.82, 2.24) is 5.32 Å². The summed E-state index contributed by atoms with van der Waals surface area (Å²) in [5.41, 5.74) is -0.304. The van der Waals surface area contributed by atoms with Crippen LogP contribution in [-0.4, -0.2) is 30.3 Å². The first-order chi connectivity index (χ1) is 8.95. The maximum absolute atomic E-state index is 12.0. The van der Waals surface area contributed by atoms with Gasteiger partial charge in [-0.15, -0.1) is 0 Å². The van der Waals surface area contributed by atoms with E-state index in [9.17, 15) is 9.90 Å². The molecule has 0 atom stereocenters. The Labute approximate surface area is 122 Å². The topological polar surface area (TPSA) is 58.6 Å². The second kappa shape index (κ2) is 6.91. The van der Waals surface area contributed by atoms with Gasteiger partial charge in [-0.25, -0.2) is 0 Å². The van der Waals surface area contributed by atoms with Crippen LogP contribution in [0.4, 0.5) is 0 Å². The fourth-order valence-electron chi connectivity index (χ4n) is 1.65. The molecule has 0 aliphatic rings. The molecule has 0 radical (unpaired) electrons. The van der Waals surface area contributed by atoms with Gasteiger partial charge in [0, 0.05) is 12.1 Å². The number of hydrogen-bond acceptors (Lipinski definition) is 3. The highest BCUT2D eigenvalue weighted by atomic mass is 79.9. The Bertz CT molecular complexity index is 444. The van der Waals surface area contributed by atoms with Crippen molar-refractivity contribution in [3.63, 3.8) is 0 Å². The van der Waals surface area contributed by atoms with Crippen LogP contribution < -0.4 is 10.1 Å². The molecule has 106 valence electrons. The predicted molar refractivity (Wildman–Crippen MR) is 78.6 cm³/mol. The Morgan fingerprint density at radius 3 is 2.53 bits per heavy atom. The van der Waals surface area contributed by atoms with Crippen molar-refractivity contribution >= 4 is 21.8 Å². The average Bonchev–Trinajstić information content (AvgIpc) is 2.44. The van der Waals surface area contributed by atoms with Gasteiger partial charge in [0.2, 0.25) is 0 Å². The largest absolute Gasteiger partial charge is 0.496 e. The van der Waals surface area contributed by atoms with E-state index in [1.807, 2.05) is 13.8 Å². The van der Waals surface area contributed by atoms with Crippen LogP contribution in [0, 0.1) is 0 Å². The van der Waals surface area contributed by atoms with Crippen molar-refractivity contribution in [3.8, 4) is 5.75 Å². The first-order valence-corrected chi connectivity index (χ1v) is 7.09.